The summed E-state index contributed by atoms with van der Waals surface area (Å²) in [4.78, 5) is 0.342. The minimum atomic E-state index is 0.342. The molecule has 1 aliphatic heterocycles. The van der Waals surface area contributed by atoms with Crippen LogP contribution in [0.25, 0.3) is 0 Å². The van der Waals surface area contributed by atoms with Crippen LogP contribution >= 0.6 is 35.6 Å². The van der Waals surface area contributed by atoms with Gasteiger partial charge in [0, 0.05) is 23.0 Å². The Balaban J connectivity index is 2.06. The van der Waals surface area contributed by atoms with Gasteiger partial charge in [0.1, 0.15) is 4.99 Å². The third-order valence-electron chi connectivity index (χ3n) is 2.77. The summed E-state index contributed by atoms with van der Waals surface area (Å²) < 4.78 is 0. The normalized spacial score (nSPS) is 19.9. The lowest BCUT2D eigenvalue weighted by atomic mass is 10.1. The number of halogens is 1. The molecule has 0 aromatic heterocycles. The maximum Gasteiger partial charge on any atom is 0.105 e. The van der Waals surface area contributed by atoms with E-state index in [0.29, 0.717) is 16.1 Å². The summed E-state index contributed by atoms with van der Waals surface area (Å²) in [6.45, 7) is 0. The van der Waals surface area contributed by atoms with E-state index in [4.69, 9.17) is 29.6 Å². The monoisotopic (exact) mass is 286 g/mol. The number of nitrogens with one attached hydrogen (secondary N) is 1. The quantitative estimate of drug-likeness (QED) is 0.837. The van der Waals surface area contributed by atoms with Gasteiger partial charge in [0.15, 0.2) is 0 Å². The lowest BCUT2D eigenvalue weighted by Crippen LogP contribution is -2.25. The molecular weight excluding hydrogens is 272 g/mol. The molecule has 0 bridgehead atoms. The fourth-order valence-corrected chi connectivity index (χ4v) is 3.48. The third kappa shape index (κ3) is 3.50. The van der Waals surface area contributed by atoms with Gasteiger partial charge in [-0.2, -0.15) is 11.8 Å². The van der Waals surface area contributed by atoms with E-state index in [0.717, 1.165) is 17.0 Å². The van der Waals surface area contributed by atoms with Crippen LogP contribution in [0.2, 0.25) is 5.02 Å². The van der Waals surface area contributed by atoms with Crippen molar-refractivity contribution < 1.29 is 0 Å². The maximum absolute atomic E-state index is 6.13. The van der Waals surface area contributed by atoms with E-state index in [1.807, 2.05) is 30.0 Å². The van der Waals surface area contributed by atoms with Crippen LogP contribution in [-0.2, 0) is 0 Å². The number of hydrogen-bond donors (Lipinski definition) is 2. The molecule has 0 spiro atoms. The van der Waals surface area contributed by atoms with Crippen LogP contribution in [0.5, 0.6) is 0 Å². The van der Waals surface area contributed by atoms with Gasteiger partial charge in [0.05, 0.1) is 5.02 Å². The minimum absolute atomic E-state index is 0.342. The second kappa shape index (κ2) is 5.94. The van der Waals surface area contributed by atoms with Crippen molar-refractivity contribution >= 4 is 46.3 Å². The molecule has 1 heterocycles. The van der Waals surface area contributed by atoms with E-state index >= 15 is 0 Å². The van der Waals surface area contributed by atoms with Crippen molar-refractivity contribution in [3.63, 3.8) is 0 Å². The minimum Gasteiger partial charge on any atom is -0.389 e. The molecular formula is C12H15ClN2S2. The number of thiocarbonyl (C=S) groups is 1. The first kappa shape index (κ1) is 13.0. The van der Waals surface area contributed by atoms with Gasteiger partial charge in [0.2, 0.25) is 0 Å². The van der Waals surface area contributed by atoms with Gasteiger partial charge in [-0.15, -0.1) is 0 Å². The molecule has 1 aromatic carbocycles. The predicted molar refractivity (Wildman–Crippen MR) is 81.3 cm³/mol. The molecule has 1 unspecified atom stereocenters. The Bertz CT molecular complexity index is 417. The molecule has 1 aromatic rings. The first-order valence-electron chi connectivity index (χ1n) is 5.60. The summed E-state index contributed by atoms with van der Waals surface area (Å²) in [5.74, 6) is 2.44. The number of anilines is 1. The number of rotatable bonds is 3. The highest BCUT2D eigenvalue weighted by Gasteiger charge is 2.13. The van der Waals surface area contributed by atoms with Crippen molar-refractivity contribution in [3.05, 3.63) is 28.8 Å². The van der Waals surface area contributed by atoms with Crippen molar-refractivity contribution in [1.82, 2.24) is 0 Å². The lowest BCUT2D eigenvalue weighted by molar-refractivity contribution is 0.685. The Labute approximate surface area is 116 Å². The zero-order valence-corrected chi connectivity index (χ0v) is 11.8. The molecule has 1 aliphatic rings. The SMILES string of the molecule is NC(=S)c1ccc(NC2CCCSC2)cc1Cl. The van der Waals surface area contributed by atoms with Gasteiger partial charge in [-0.1, -0.05) is 23.8 Å². The summed E-state index contributed by atoms with van der Waals surface area (Å²) in [7, 11) is 0. The van der Waals surface area contributed by atoms with E-state index in [2.05, 4.69) is 5.32 Å². The molecule has 3 N–H and O–H groups in total. The Morgan fingerprint density at radius 3 is 2.94 bits per heavy atom. The average molecular weight is 287 g/mol. The second-order valence-electron chi connectivity index (χ2n) is 4.12. The zero-order valence-electron chi connectivity index (χ0n) is 9.41. The molecule has 0 aliphatic carbocycles. The standard InChI is InChI=1S/C12H15ClN2S2/c13-11-6-8(3-4-10(11)12(14)16)15-9-2-1-5-17-7-9/h3-4,6,9,15H,1-2,5,7H2,(H2,14,16). The number of nitrogens with two attached hydrogens (primary N) is 1. The molecule has 92 valence electrons. The Kier molecular flexibility index (Phi) is 4.54. The topological polar surface area (TPSA) is 38.0 Å². The summed E-state index contributed by atoms with van der Waals surface area (Å²) >= 11 is 13.1. The number of thioether (sulfide) groups is 1. The molecule has 2 rings (SSSR count). The first-order chi connectivity index (χ1) is 8.16. The lowest BCUT2D eigenvalue weighted by Gasteiger charge is -2.23. The number of hydrogen-bond acceptors (Lipinski definition) is 3. The average Bonchev–Trinajstić information content (AvgIpc) is 2.30. The third-order valence-corrected chi connectivity index (χ3v) is 4.51. The van der Waals surface area contributed by atoms with Crippen LogP contribution < -0.4 is 11.1 Å². The Morgan fingerprint density at radius 1 is 1.53 bits per heavy atom. The summed E-state index contributed by atoms with van der Waals surface area (Å²) in [6.07, 6.45) is 2.50. The number of benzene rings is 1. The molecule has 0 saturated carbocycles. The van der Waals surface area contributed by atoms with Crippen LogP contribution in [0.4, 0.5) is 5.69 Å². The van der Waals surface area contributed by atoms with Crippen LogP contribution in [0.3, 0.4) is 0 Å². The molecule has 2 nitrogen and oxygen atoms in total. The van der Waals surface area contributed by atoms with Gasteiger partial charge >= 0.3 is 0 Å². The van der Waals surface area contributed by atoms with E-state index in [1.54, 1.807) is 0 Å². The van der Waals surface area contributed by atoms with Gasteiger partial charge in [-0.05, 0) is 36.8 Å². The molecule has 5 heteroatoms. The summed E-state index contributed by atoms with van der Waals surface area (Å²) in [5.41, 5.74) is 7.36. The van der Waals surface area contributed by atoms with Gasteiger partial charge in [-0.3, -0.25) is 0 Å². The molecule has 1 atom stereocenters. The largest absolute Gasteiger partial charge is 0.389 e. The molecule has 0 amide bonds. The van der Waals surface area contributed by atoms with Gasteiger partial charge < -0.3 is 11.1 Å². The van der Waals surface area contributed by atoms with Crippen LogP contribution in [0.15, 0.2) is 18.2 Å². The highest BCUT2D eigenvalue weighted by atomic mass is 35.5. The second-order valence-corrected chi connectivity index (χ2v) is 6.11. The van der Waals surface area contributed by atoms with Crippen molar-refractivity contribution in [2.24, 2.45) is 5.73 Å². The fraction of sp³-hybridized carbons (Fsp3) is 0.417. The maximum atomic E-state index is 6.13. The van der Waals surface area contributed by atoms with Gasteiger partial charge in [0.25, 0.3) is 0 Å². The Morgan fingerprint density at radius 2 is 2.35 bits per heavy atom. The van der Waals surface area contributed by atoms with Crippen molar-refractivity contribution in [3.8, 4) is 0 Å². The first-order valence-corrected chi connectivity index (χ1v) is 7.54. The highest BCUT2D eigenvalue weighted by molar-refractivity contribution is 7.99. The predicted octanol–water partition coefficient (Wildman–Crippen LogP) is 3.28. The van der Waals surface area contributed by atoms with Crippen LogP contribution in [0.1, 0.15) is 18.4 Å². The summed E-state index contributed by atoms with van der Waals surface area (Å²) in [6, 6.07) is 6.30. The van der Waals surface area contributed by atoms with Crippen LogP contribution in [0, 0.1) is 0 Å². The Hall–Kier alpha value is -0.450. The zero-order chi connectivity index (χ0) is 12.3. The van der Waals surface area contributed by atoms with Gasteiger partial charge in [-0.25, -0.2) is 0 Å². The molecule has 1 fully saturated rings. The van der Waals surface area contributed by atoms with E-state index < -0.39 is 0 Å². The van der Waals surface area contributed by atoms with Crippen molar-refractivity contribution in [1.29, 1.82) is 0 Å². The highest BCUT2D eigenvalue weighted by Crippen LogP contribution is 2.24. The van der Waals surface area contributed by atoms with Crippen molar-refractivity contribution in [2.45, 2.75) is 18.9 Å². The van der Waals surface area contributed by atoms with E-state index in [9.17, 15) is 0 Å². The van der Waals surface area contributed by atoms with Crippen LogP contribution in [-0.4, -0.2) is 22.5 Å². The summed E-state index contributed by atoms with van der Waals surface area (Å²) in [5, 5.41) is 4.12. The van der Waals surface area contributed by atoms with E-state index in [1.165, 1.54) is 18.6 Å². The molecule has 1 saturated heterocycles. The molecule has 0 radical (unpaired) electrons. The van der Waals surface area contributed by atoms with E-state index in [-0.39, 0.29) is 0 Å². The van der Waals surface area contributed by atoms with Crippen molar-refractivity contribution in [2.75, 3.05) is 16.8 Å². The fourth-order valence-electron chi connectivity index (χ4n) is 1.89. The molecule has 17 heavy (non-hydrogen) atoms. The smallest absolute Gasteiger partial charge is 0.105 e.